The maximum Gasteiger partial charge on any atom is 0.239 e. The topological polar surface area (TPSA) is 76.1 Å². The van der Waals surface area contributed by atoms with Crippen LogP contribution in [0.25, 0.3) is 0 Å². The van der Waals surface area contributed by atoms with E-state index < -0.39 is 0 Å². The fourth-order valence-corrected chi connectivity index (χ4v) is 1.20. The molecule has 0 aromatic carbocycles. The third kappa shape index (κ3) is 4.15. The zero-order valence-electron chi connectivity index (χ0n) is 7.82. The lowest BCUT2D eigenvalue weighted by Gasteiger charge is -2.04. The Morgan fingerprint density at radius 2 is 2.57 bits per heavy atom. The molecule has 6 nitrogen and oxygen atoms in total. The number of nitrogens with one attached hydrogen (secondary N) is 2. The van der Waals surface area contributed by atoms with Gasteiger partial charge in [-0.05, 0) is 0 Å². The van der Waals surface area contributed by atoms with E-state index >= 15 is 0 Å². The molecule has 0 radical (unpaired) electrons. The predicted octanol–water partition coefficient (Wildman–Crippen LogP) is -0.287. The van der Waals surface area contributed by atoms with Crippen LogP contribution in [0.4, 0.5) is 5.13 Å². The Morgan fingerprint density at radius 3 is 3.21 bits per heavy atom. The molecule has 0 unspecified atom stereocenters. The van der Waals surface area contributed by atoms with Crippen LogP contribution >= 0.6 is 11.3 Å². The molecule has 1 rings (SSSR count). The number of aromatic nitrogens is 2. The van der Waals surface area contributed by atoms with Crippen molar-refractivity contribution in [3.8, 4) is 0 Å². The van der Waals surface area contributed by atoms with Gasteiger partial charge in [0.15, 0.2) is 0 Å². The highest BCUT2D eigenvalue weighted by Gasteiger charge is 2.01. The SMILES string of the molecule is COCCNC(=O)CNc1nncs1. The molecule has 0 bridgehead atoms. The summed E-state index contributed by atoms with van der Waals surface area (Å²) in [4.78, 5) is 11.1. The molecular weight excluding hydrogens is 204 g/mol. The third-order valence-electron chi connectivity index (χ3n) is 1.39. The van der Waals surface area contributed by atoms with Gasteiger partial charge in [0.25, 0.3) is 0 Å². The van der Waals surface area contributed by atoms with Crippen LogP contribution in [0.2, 0.25) is 0 Å². The second-order valence-corrected chi connectivity index (χ2v) is 3.27. The zero-order chi connectivity index (χ0) is 10.2. The van der Waals surface area contributed by atoms with Gasteiger partial charge in [-0.15, -0.1) is 10.2 Å². The summed E-state index contributed by atoms with van der Waals surface area (Å²) in [5.41, 5.74) is 1.60. The number of nitrogens with zero attached hydrogens (tertiary/aromatic N) is 2. The number of methoxy groups -OCH3 is 1. The maximum atomic E-state index is 11.1. The fourth-order valence-electron chi connectivity index (χ4n) is 0.761. The first-order valence-corrected chi connectivity index (χ1v) is 4.96. The van der Waals surface area contributed by atoms with Gasteiger partial charge >= 0.3 is 0 Å². The number of hydrogen-bond acceptors (Lipinski definition) is 6. The van der Waals surface area contributed by atoms with Crippen molar-refractivity contribution in [1.82, 2.24) is 15.5 Å². The van der Waals surface area contributed by atoms with Gasteiger partial charge < -0.3 is 15.4 Å². The molecule has 0 saturated carbocycles. The van der Waals surface area contributed by atoms with Crippen molar-refractivity contribution in [2.75, 3.05) is 32.1 Å². The quantitative estimate of drug-likeness (QED) is 0.639. The number of hydrogen-bond donors (Lipinski definition) is 2. The summed E-state index contributed by atoms with van der Waals surface area (Å²) < 4.78 is 4.79. The van der Waals surface area contributed by atoms with E-state index in [1.165, 1.54) is 11.3 Å². The van der Waals surface area contributed by atoms with Gasteiger partial charge in [-0.2, -0.15) is 0 Å². The van der Waals surface area contributed by atoms with Crippen LogP contribution in [0.15, 0.2) is 5.51 Å². The molecule has 1 aromatic heterocycles. The van der Waals surface area contributed by atoms with E-state index in [0.29, 0.717) is 18.3 Å². The Bertz CT molecular complexity index is 265. The minimum atomic E-state index is -0.0859. The summed E-state index contributed by atoms with van der Waals surface area (Å²) in [5.74, 6) is -0.0859. The van der Waals surface area contributed by atoms with E-state index in [-0.39, 0.29) is 12.5 Å². The van der Waals surface area contributed by atoms with E-state index in [0.717, 1.165) is 0 Å². The highest BCUT2D eigenvalue weighted by Crippen LogP contribution is 2.06. The molecule has 0 aliphatic rings. The van der Waals surface area contributed by atoms with Crippen LogP contribution in [-0.2, 0) is 9.53 Å². The molecule has 14 heavy (non-hydrogen) atoms. The fraction of sp³-hybridized carbons (Fsp3) is 0.571. The number of anilines is 1. The Balaban J connectivity index is 2.09. The minimum absolute atomic E-state index is 0.0859. The van der Waals surface area contributed by atoms with Gasteiger partial charge in [-0.3, -0.25) is 4.79 Å². The van der Waals surface area contributed by atoms with Crippen LogP contribution in [0, 0.1) is 0 Å². The van der Waals surface area contributed by atoms with Crippen LogP contribution in [-0.4, -0.2) is 42.9 Å². The summed E-state index contributed by atoms with van der Waals surface area (Å²) in [6, 6.07) is 0. The van der Waals surface area contributed by atoms with Gasteiger partial charge in [0.05, 0.1) is 13.2 Å². The molecule has 0 atom stereocenters. The standard InChI is InChI=1S/C7H12N4O2S/c1-13-3-2-8-6(12)4-9-7-11-10-5-14-7/h5H,2-4H2,1H3,(H,8,12)(H,9,11). The Morgan fingerprint density at radius 1 is 1.71 bits per heavy atom. The average molecular weight is 216 g/mol. The molecule has 0 fully saturated rings. The molecule has 1 heterocycles. The van der Waals surface area contributed by atoms with Crippen molar-refractivity contribution in [2.45, 2.75) is 0 Å². The van der Waals surface area contributed by atoms with E-state index in [2.05, 4.69) is 20.8 Å². The third-order valence-corrected chi connectivity index (χ3v) is 2.04. The largest absolute Gasteiger partial charge is 0.383 e. The Hall–Kier alpha value is -1.21. The number of carbonyl (C=O) groups is 1. The molecule has 0 spiro atoms. The van der Waals surface area contributed by atoms with Crippen LogP contribution in [0.1, 0.15) is 0 Å². The summed E-state index contributed by atoms with van der Waals surface area (Å²) >= 11 is 1.36. The molecule has 0 saturated heterocycles. The van der Waals surface area contributed by atoms with E-state index in [4.69, 9.17) is 4.74 Å². The molecule has 2 N–H and O–H groups in total. The van der Waals surface area contributed by atoms with E-state index in [9.17, 15) is 4.79 Å². The molecular formula is C7H12N4O2S. The van der Waals surface area contributed by atoms with Gasteiger partial charge in [-0.25, -0.2) is 0 Å². The summed E-state index contributed by atoms with van der Waals surface area (Å²) in [6.07, 6.45) is 0. The van der Waals surface area contributed by atoms with Gasteiger partial charge in [-0.1, -0.05) is 11.3 Å². The lowest BCUT2D eigenvalue weighted by atomic mass is 10.5. The molecule has 1 aromatic rings. The van der Waals surface area contributed by atoms with E-state index in [1.807, 2.05) is 0 Å². The second-order valence-electron chi connectivity index (χ2n) is 2.44. The number of rotatable bonds is 6. The predicted molar refractivity (Wildman–Crippen MR) is 53.3 cm³/mol. The Kier molecular flexibility index (Phi) is 4.87. The van der Waals surface area contributed by atoms with Gasteiger partial charge in [0, 0.05) is 13.7 Å². The molecule has 78 valence electrons. The summed E-state index contributed by atoms with van der Waals surface area (Å²) in [5, 5.41) is 13.5. The number of ether oxygens (including phenoxy) is 1. The molecule has 0 aliphatic carbocycles. The average Bonchev–Trinajstić information content (AvgIpc) is 2.68. The number of carbonyl (C=O) groups excluding carboxylic acids is 1. The lowest BCUT2D eigenvalue weighted by molar-refractivity contribution is -0.119. The lowest BCUT2D eigenvalue weighted by Crippen LogP contribution is -2.32. The van der Waals surface area contributed by atoms with E-state index in [1.54, 1.807) is 12.6 Å². The van der Waals surface area contributed by atoms with Crippen LogP contribution < -0.4 is 10.6 Å². The van der Waals surface area contributed by atoms with Crippen molar-refractivity contribution in [3.63, 3.8) is 0 Å². The monoisotopic (exact) mass is 216 g/mol. The molecule has 0 aliphatic heterocycles. The van der Waals surface area contributed by atoms with Crippen LogP contribution in [0.3, 0.4) is 0 Å². The van der Waals surface area contributed by atoms with Crippen LogP contribution in [0.5, 0.6) is 0 Å². The molecule has 1 amide bonds. The van der Waals surface area contributed by atoms with Crippen molar-refractivity contribution in [1.29, 1.82) is 0 Å². The summed E-state index contributed by atoms with van der Waals surface area (Å²) in [6.45, 7) is 1.25. The van der Waals surface area contributed by atoms with Crippen molar-refractivity contribution < 1.29 is 9.53 Å². The normalized spacial score (nSPS) is 9.79. The zero-order valence-corrected chi connectivity index (χ0v) is 8.63. The first-order chi connectivity index (χ1) is 6.83. The molecule has 7 heteroatoms. The smallest absolute Gasteiger partial charge is 0.239 e. The minimum Gasteiger partial charge on any atom is -0.383 e. The second kappa shape index (κ2) is 6.28. The van der Waals surface area contributed by atoms with Crippen molar-refractivity contribution in [3.05, 3.63) is 5.51 Å². The first-order valence-electron chi connectivity index (χ1n) is 4.08. The maximum absolute atomic E-state index is 11.1. The first kappa shape index (κ1) is 10.9. The van der Waals surface area contributed by atoms with Gasteiger partial charge in [0.2, 0.25) is 11.0 Å². The Labute approximate surface area is 85.7 Å². The summed E-state index contributed by atoms with van der Waals surface area (Å²) in [7, 11) is 1.59. The van der Waals surface area contributed by atoms with Gasteiger partial charge in [0.1, 0.15) is 5.51 Å². The van der Waals surface area contributed by atoms with Crippen molar-refractivity contribution >= 4 is 22.4 Å². The number of amides is 1. The highest BCUT2D eigenvalue weighted by atomic mass is 32.1. The highest BCUT2D eigenvalue weighted by molar-refractivity contribution is 7.13. The van der Waals surface area contributed by atoms with Crippen molar-refractivity contribution in [2.24, 2.45) is 0 Å².